The molecule has 1 aromatic heterocycles. The molecule has 0 saturated carbocycles. The van der Waals surface area contributed by atoms with Crippen molar-refractivity contribution in [2.45, 2.75) is 13.3 Å². The zero-order valence-corrected chi connectivity index (χ0v) is 12.9. The van der Waals surface area contributed by atoms with E-state index in [0.717, 1.165) is 5.56 Å². The van der Waals surface area contributed by atoms with E-state index in [-0.39, 0.29) is 5.02 Å². The number of halogens is 3. The second-order valence-electron chi connectivity index (χ2n) is 3.92. The molecule has 0 aliphatic carbocycles. The van der Waals surface area contributed by atoms with Gasteiger partial charge >= 0.3 is 0 Å². The Morgan fingerprint density at radius 1 is 1.35 bits per heavy atom. The van der Waals surface area contributed by atoms with Crippen molar-refractivity contribution < 1.29 is 4.39 Å². The molecule has 5 nitrogen and oxygen atoms in total. The summed E-state index contributed by atoms with van der Waals surface area (Å²) < 4.78 is 13.7. The maximum absolute atomic E-state index is 13.2. The van der Waals surface area contributed by atoms with Crippen LogP contribution < -0.4 is 16.6 Å². The third-order valence-electron chi connectivity index (χ3n) is 2.69. The third kappa shape index (κ3) is 3.00. The van der Waals surface area contributed by atoms with E-state index in [1.165, 1.54) is 18.5 Å². The van der Waals surface area contributed by atoms with Gasteiger partial charge in [0.1, 0.15) is 23.8 Å². The first-order valence-corrected chi connectivity index (χ1v) is 6.96. The zero-order chi connectivity index (χ0) is 14.7. The van der Waals surface area contributed by atoms with Gasteiger partial charge < -0.3 is 10.7 Å². The number of nitrogens with two attached hydrogens (primary N) is 1. The van der Waals surface area contributed by atoms with Gasteiger partial charge in [0.2, 0.25) is 0 Å². The molecule has 4 N–H and O–H groups in total. The number of hydrogen-bond donors (Lipinski definition) is 3. The molecular formula is C12H12BrClFN5. The lowest BCUT2D eigenvalue weighted by Crippen LogP contribution is -2.13. The van der Waals surface area contributed by atoms with E-state index in [1.807, 2.05) is 6.92 Å². The molecule has 20 heavy (non-hydrogen) atoms. The molecule has 0 unspecified atom stereocenters. The third-order valence-corrected chi connectivity index (χ3v) is 3.61. The van der Waals surface area contributed by atoms with Crippen molar-refractivity contribution in [2.75, 3.05) is 10.7 Å². The Labute approximate surface area is 128 Å². The van der Waals surface area contributed by atoms with E-state index < -0.39 is 5.82 Å². The summed E-state index contributed by atoms with van der Waals surface area (Å²) in [5.41, 5.74) is 3.85. The molecule has 0 amide bonds. The number of hydrazine groups is 1. The molecule has 0 radical (unpaired) electrons. The van der Waals surface area contributed by atoms with Crippen LogP contribution in [0, 0.1) is 5.82 Å². The Kier molecular flexibility index (Phi) is 4.74. The number of aromatic nitrogens is 2. The van der Waals surface area contributed by atoms with Crippen LogP contribution in [0.4, 0.5) is 21.7 Å². The minimum atomic E-state index is -0.421. The van der Waals surface area contributed by atoms with Gasteiger partial charge in [-0.15, -0.1) is 0 Å². The highest BCUT2D eigenvalue weighted by atomic mass is 79.9. The van der Waals surface area contributed by atoms with Crippen LogP contribution in [0.25, 0.3) is 0 Å². The van der Waals surface area contributed by atoms with Crippen LogP contribution >= 0.6 is 27.5 Å². The van der Waals surface area contributed by atoms with Crippen molar-refractivity contribution in [3.8, 4) is 0 Å². The van der Waals surface area contributed by atoms with Crippen LogP contribution in [0.3, 0.4) is 0 Å². The van der Waals surface area contributed by atoms with E-state index in [0.29, 0.717) is 28.2 Å². The van der Waals surface area contributed by atoms with E-state index in [2.05, 4.69) is 36.6 Å². The van der Waals surface area contributed by atoms with Gasteiger partial charge in [-0.05, 0) is 34.5 Å². The normalized spacial score (nSPS) is 10.4. The van der Waals surface area contributed by atoms with Crippen LogP contribution in [0.1, 0.15) is 12.5 Å². The first kappa shape index (κ1) is 15.0. The van der Waals surface area contributed by atoms with Crippen LogP contribution in [0.2, 0.25) is 5.02 Å². The van der Waals surface area contributed by atoms with Gasteiger partial charge in [-0.2, -0.15) is 0 Å². The van der Waals surface area contributed by atoms with Gasteiger partial charge in [-0.25, -0.2) is 20.2 Å². The Balaban J connectivity index is 2.45. The molecular weight excluding hydrogens is 349 g/mol. The summed E-state index contributed by atoms with van der Waals surface area (Å²) in [5.74, 6) is 6.08. The number of benzene rings is 1. The van der Waals surface area contributed by atoms with Crippen molar-refractivity contribution in [2.24, 2.45) is 5.84 Å². The Hall–Kier alpha value is -1.44. The van der Waals surface area contributed by atoms with Crippen molar-refractivity contribution >= 4 is 44.9 Å². The summed E-state index contributed by atoms with van der Waals surface area (Å²) >= 11 is 9.30. The molecule has 1 aromatic carbocycles. The van der Waals surface area contributed by atoms with E-state index >= 15 is 0 Å². The average molecular weight is 361 g/mol. The molecule has 1 heterocycles. The summed E-state index contributed by atoms with van der Waals surface area (Å²) in [6.45, 7) is 1.95. The molecule has 0 bridgehead atoms. The predicted octanol–water partition coefficient (Wildman–Crippen LogP) is 3.62. The maximum atomic E-state index is 13.2. The van der Waals surface area contributed by atoms with Gasteiger partial charge in [-0.1, -0.05) is 18.5 Å². The highest BCUT2D eigenvalue weighted by molar-refractivity contribution is 9.10. The van der Waals surface area contributed by atoms with Crippen LogP contribution in [0.15, 0.2) is 22.9 Å². The number of nitrogen functional groups attached to an aromatic ring is 1. The van der Waals surface area contributed by atoms with Crippen molar-refractivity contribution in [1.82, 2.24) is 9.97 Å². The van der Waals surface area contributed by atoms with Crippen molar-refractivity contribution in [3.63, 3.8) is 0 Å². The fraction of sp³-hybridized carbons (Fsp3) is 0.167. The molecule has 0 spiro atoms. The Morgan fingerprint density at radius 2 is 2.05 bits per heavy atom. The number of nitrogens with zero attached hydrogens (tertiary/aromatic N) is 2. The Morgan fingerprint density at radius 3 is 2.65 bits per heavy atom. The summed E-state index contributed by atoms with van der Waals surface area (Å²) in [7, 11) is 0. The van der Waals surface area contributed by atoms with Gasteiger partial charge in [0.25, 0.3) is 0 Å². The lowest BCUT2D eigenvalue weighted by molar-refractivity contribution is 0.627. The summed E-state index contributed by atoms with van der Waals surface area (Å²) in [4.78, 5) is 8.20. The molecule has 2 rings (SSSR count). The SMILES string of the molecule is CCc1c(NN)ncnc1Nc1c(Cl)cc(F)cc1Br. The highest BCUT2D eigenvalue weighted by Crippen LogP contribution is 2.35. The molecule has 0 atom stereocenters. The number of rotatable bonds is 4. The highest BCUT2D eigenvalue weighted by Gasteiger charge is 2.13. The summed E-state index contributed by atoms with van der Waals surface area (Å²) in [5, 5.41) is 3.32. The molecule has 0 aliphatic heterocycles. The molecule has 0 aliphatic rings. The van der Waals surface area contributed by atoms with Gasteiger partial charge in [0.15, 0.2) is 0 Å². The quantitative estimate of drug-likeness (QED) is 0.573. The van der Waals surface area contributed by atoms with Crippen molar-refractivity contribution in [1.29, 1.82) is 0 Å². The number of hydrogen-bond acceptors (Lipinski definition) is 5. The fourth-order valence-corrected chi connectivity index (χ4v) is 2.66. The largest absolute Gasteiger partial charge is 0.338 e. The fourth-order valence-electron chi connectivity index (χ4n) is 1.76. The lowest BCUT2D eigenvalue weighted by atomic mass is 10.2. The molecule has 0 fully saturated rings. The van der Waals surface area contributed by atoms with Crippen molar-refractivity contribution in [3.05, 3.63) is 39.3 Å². The maximum Gasteiger partial charge on any atom is 0.148 e. The monoisotopic (exact) mass is 359 g/mol. The minimum absolute atomic E-state index is 0.250. The summed E-state index contributed by atoms with van der Waals surface area (Å²) in [6, 6.07) is 2.55. The molecule has 8 heteroatoms. The van der Waals surface area contributed by atoms with E-state index in [1.54, 1.807) is 0 Å². The zero-order valence-electron chi connectivity index (χ0n) is 10.5. The number of nitrogens with one attached hydrogen (secondary N) is 2. The first-order valence-electron chi connectivity index (χ1n) is 5.78. The Bertz CT molecular complexity index is 614. The summed E-state index contributed by atoms with van der Waals surface area (Å²) in [6.07, 6.45) is 2.04. The van der Waals surface area contributed by atoms with E-state index in [9.17, 15) is 4.39 Å². The van der Waals surface area contributed by atoms with Crippen LogP contribution in [0.5, 0.6) is 0 Å². The molecule has 2 aromatic rings. The number of anilines is 3. The minimum Gasteiger partial charge on any atom is -0.338 e. The lowest BCUT2D eigenvalue weighted by Gasteiger charge is -2.14. The second-order valence-corrected chi connectivity index (χ2v) is 5.18. The van der Waals surface area contributed by atoms with Crippen LogP contribution in [-0.2, 0) is 6.42 Å². The van der Waals surface area contributed by atoms with Gasteiger partial charge in [-0.3, -0.25) is 0 Å². The van der Waals surface area contributed by atoms with E-state index in [4.69, 9.17) is 17.4 Å². The average Bonchev–Trinajstić information content (AvgIpc) is 2.42. The molecule has 0 saturated heterocycles. The second kappa shape index (κ2) is 6.34. The predicted molar refractivity (Wildman–Crippen MR) is 81.6 cm³/mol. The smallest absolute Gasteiger partial charge is 0.148 e. The van der Waals surface area contributed by atoms with Gasteiger partial charge in [0.05, 0.1) is 10.7 Å². The standard InChI is InChI=1S/C12H12BrClFN5/c1-2-7-11(17-5-18-12(7)20-16)19-10-8(13)3-6(15)4-9(10)14/h3-5H,2,16H2,1H3,(H2,17,18,19,20). The van der Waals surface area contributed by atoms with Gasteiger partial charge in [0, 0.05) is 10.0 Å². The molecule has 106 valence electrons. The first-order chi connectivity index (χ1) is 9.56. The topological polar surface area (TPSA) is 75.9 Å². The van der Waals surface area contributed by atoms with Crippen LogP contribution in [-0.4, -0.2) is 9.97 Å².